The first kappa shape index (κ1) is 13.4. The Labute approximate surface area is 98.4 Å². The van der Waals surface area contributed by atoms with E-state index in [0.29, 0.717) is 13.0 Å². The number of aliphatic carboxylic acids is 1. The van der Waals surface area contributed by atoms with E-state index in [1.807, 2.05) is 0 Å². The van der Waals surface area contributed by atoms with Gasteiger partial charge < -0.3 is 20.4 Å². The summed E-state index contributed by atoms with van der Waals surface area (Å²) in [6, 6.07) is 0. The number of likely N-dealkylation sites (tertiary alicyclic amines) is 1. The van der Waals surface area contributed by atoms with Gasteiger partial charge >= 0.3 is 5.97 Å². The Bertz CT molecular complexity index is 318. The van der Waals surface area contributed by atoms with Gasteiger partial charge in [0.1, 0.15) is 0 Å². The molecule has 7 nitrogen and oxygen atoms in total. The minimum Gasteiger partial charge on any atom is -0.479 e. The first-order valence-corrected chi connectivity index (χ1v) is 5.46. The number of aliphatic hydroxyl groups is 1. The number of rotatable bonds is 6. The third kappa shape index (κ3) is 4.39. The summed E-state index contributed by atoms with van der Waals surface area (Å²) >= 11 is 0. The van der Waals surface area contributed by atoms with Crippen LogP contribution in [0.3, 0.4) is 0 Å². The minimum absolute atomic E-state index is 0.00198. The summed E-state index contributed by atoms with van der Waals surface area (Å²) in [5.41, 5.74) is 0. The molecule has 1 heterocycles. The van der Waals surface area contributed by atoms with E-state index in [2.05, 4.69) is 5.32 Å². The van der Waals surface area contributed by atoms with Crippen molar-refractivity contribution in [1.29, 1.82) is 0 Å². The molecule has 17 heavy (non-hydrogen) atoms. The number of hydrogen-bond acceptors (Lipinski definition) is 4. The summed E-state index contributed by atoms with van der Waals surface area (Å²) in [6.07, 6.45) is -0.270. The fourth-order valence-corrected chi connectivity index (χ4v) is 1.57. The monoisotopic (exact) mass is 244 g/mol. The molecule has 0 aliphatic carbocycles. The van der Waals surface area contributed by atoms with Gasteiger partial charge in [0.05, 0.1) is 6.54 Å². The van der Waals surface area contributed by atoms with Gasteiger partial charge in [0.15, 0.2) is 6.10 Å². The molecule has 0 saturated carbocycles. The molecule has 0 bridgehead atoms. The first-order chi connectivity index (χ1) is 8.00. The van der Waals surface area contributed by atoms with Crippen molar-refractivity contribution in [2.75, 3.05) is 19.6 Å². The molecule has 0 aromatic rings. The van der Waals surface area contributed by atoms with Crippen LogP contribution in [0.1, 0.15) is 19.3 Å². The zero-order valence-corrected chi connectivity index (χ0v) is 9.39. The average Bonchev–Trinajstić information content (AvgIpc) is 2.64. The molecule has 1 fully saturated rings. The molecule has 1 unspecified atom stereocenters. The lowest BCUT2D eigenvalue weighted by Crippen LogP contribution is -2.39. The molecule has 0 radical (unpaired) electrons. The highest BCUT2D eigenvalue weighted by molar-refractivity contribution is 5.85. The highest BCUT2D eigenvalue weighted by Crippen LogP contribution is 2.08. The molecule has 96 valence electrons. The SMILES string of the molecule is O=C(CN1CCCC1=O)NCCC(O)C(=O)O. The fraction of sp³-hybridized carbons (Fsp3) is 0.700. The number of nitrogens with one attached hydrogen (secondary N) is 1. The fourth-order valence-electron chi connectivity index (χ4n) is 1.57. The van der Waals surface area contributed by atoms with Gasteiger partial charge in [-0.15, -0.1) is 0 Å². The summed E-state index contributed by atoms with van der Waals surface area (Å²) in [5.74, 6) is -1.68. The summed E-state index contributed by atoms with van der Waals surface area (Å²) in [4.78, 5) is 34.3. The number of carboxylic acids is 1. The van der Waals surface area contributed by atoms with Gasteiger partial charge in [0.2, 0.25) is 11.8 Å². The van der Waals surface area contributed by atoms with Gasteiger partial charge in [0, 0.05) is 25.9 Å². The second kappa shape index (κ2) is 6.19. The summed E-state index contributed by atoms with van der Waals surface area (Å²) in [6.45, 7) is 0.667. The summed E-state index contributed by atoms with van der Waals surface area (Å²) in [7, 11) is 0. The van der Waals surface area contributed by atoms with Gasteiger partial charge in [-0.2, -0.15) is 0 Å². The van der Waals surface area contributed by atoms with Crippen LogP contribution in [0, 0.1) is 0 Å². The van der Waals surface area contributed by atoms with Crippen molar-refractivity contribution in [1.82, 2.24) is 10.2 Å². The van der Waals surface area contributed by atoms with Crippen molar-refractivity contribution >= 4 is 17.8 Å². The lowest BCUT2D eigenvalue weighted by Gasteiger charge is -2.15. The number of hydrogen-bond donors (Lipinski definition) is 3. The van der Waals surface area contributed by atoms with Crippen molar-refractivity contribution in [3.63, 3.8) is 0 Å². The van der Waals surface area contributed by atoms with Gasteiger partial charge in [-0.3, -0.25) is 9.59 Å². The maximum Gasteiger partial charge on any atom is 0.332 e. The van der Waals surface area contributed by atoms with E-state index in [9.17, 15) is 14.4 Å². The normalized spacial score (nSPS) is 17.0. The van der Waals surface area contributed by atoms with Crippen molar-refractivity contribution in [3.05, 3.63) is 0 Å². The van der Waals surface area contributed by atoms with Crippen molar-refractivity contribution in [2.45, 2.75) is 25.4 Å². The van der Waals surface area contributed by atoms with Gasteiger partial charge in [0.25, 0.3) is 0 Å². The predicted octanol–water partition coefficient (Wildman–Crippen LogP) is -1.44. The molecular weight excluding hydrogens is 228 g/mol. The number of nitrogens with zero attached hydrogens (tertiary/aromatic N) is 1. The lowest BCUT2D eigenvalue weighted by atomic mass is 10.2. The minimum atomic E-state index is -1.47. The second-order valence-corrected chi connectivity index (χ2v) is 3.91. The summed E-state index contributed by atoms with van der Waals surface area (Å²) in [5, 5.41) is 19.8. The Morgan fingerprint density at radius 3 is 2.71 bits per heavy atom. The largest absolute Gasteiger partial charge is 0.479 e. The topological polar surface area (TPSA) is 107 Å². The van der Waals surface area contributed by atoms with Gasteiger partial charge in [-0.05, 0) is 6.42 Å². The Hall–Kier alpha value is -1.63. The number of carbonyl (C=O) groups excluding carboxylic acids is 2. The smallest absolute Gasteiger partial charge is 0.332 e. The Kier molecular flexibility index (Phi) is 4.89. The quantitative estimate of drug-likeness (QED) is 0.530. The van der Waals surface area contributed by atoms with Crippen molar-refractivity contribution in [2.24, 2.45) is 0 Å². The zero-order chi connectivity index (χ0) is 12.8. The van der Waals surface area contributed by atoms with Crippen LogP contribution in [0.2, 0.25) is 0 Å². The number of amides is 2. The van der Waals surface area contributed by atoms with Crippen LogP contribution >= 0.6 is 0 Å². The van der Waals surface area contributed by atoms with E-state index in [1.54, 1.807) is 0 Å². The maximum absolute atomic E-state index is 11.4. The highest BCUT2D eigenvalue weighted by Gasteiger charge is 2.22. The van der Waals surface area contributed by atoms with Crippen LogP contribution in [0.15, 0.2) is 0 Å². The van der Waals surface area contributed by atoms with E-state index in [0.717, 1.165) is 6.42 Å². The molecule has 0 aromatic heterocycles. The van der Waals surface area contributed by atoms with Crippen molar-refractivity contribution in [3.8, 4) is 0 Å². The van der Waals surface area contributed by atoms with E-state index >= 15 is 0 Å². The Morgan fingerprint density at radius 2 is 2.18 bits per heavy atom. The maximum atomic E-state index is 11.4. The standard InChI is InChI=1S/C10H16N2O5/c13-7(10(16)17)3-4-11-8(14)6-12-5-1-2-9(12)15/h7,13H,1-6H2,(H,11,14)(H,16,17). The Morgan fingerprint density at radius 1 is 1.47 bits per heavy atom. The van der Waals surface area contributed by atoms with E-state index in [1.165, 1.54) is 4.90 Å². The third-order valence-electron chi connectivity index (χ3n) is 2.53. The molecule has 7 heteroatoms. The number of carbonyl (C=O) groups is 3. The van der Waals surface area contributed by atoms with Crippen molar-refractivity contribution < 1.29 is 24.6 Å². The van der Waals surface area contributed by atoms with Crippen LogP contribution in [0.25, 0.3) is 0 Å². The molecule has 3 N–H and O–H groups in total. The number of carboxylic acid groups (broad SMARTS) is 1. The third-order valence-corrected chi connectivity index (χ3v) is 2.53. The highest BCUT2D eigenvalue weighted by atomic mass is 16.4. The van der Waals surface area contributed by atoms with Crippen LogP contribution in [-0.2, 0) is 14.4 Å². The molecule has 1 atom stereocenters. The first-order valence-electron chi connectivity index (χ1n) is 5.46. The lowest BCUT2D eigenvalue weighted by molar-refractivity contribution is -0.147. The summed E-state index contributed by atoms with van der Waals surface area (Å²) < 4.78 is 0. The van der Waals surface area contributed by atoms with Gasteiger partial charge in [-0.1, -0.05) is 0 Å². The van der Waals surface area contributed by atoms with E-state index in [4.69, 9.17) is 10.2 Å². The molecular formula is C10H16N2O5. The van der Waals surface area contributed by atoms with Gasteiger partial charge in [-0.25, -0.2) is 4.79 Å². The predicted molar refractivity (Wildman–Crippen MR) is 57.1 cm³/mol. The van der Waals surface area contributed by atoms with Crippen LogP contribution < -0.4 is 5.32 Å². The zero-order valence-electron chi connectivity index (χ0n) is 9.39. The number of aliphatic hydroxyl groups excluding tert-OH is 1. The molecule has 1 saturated heterocycles. The Balaban J connectivity index is 2.17. The van der Waals surface area contributed by atoms with Crippen LogP contribution in [0.5, 0.6) is 0 Å². The molecule has 0 aromatic carbocycles. The average molecular weight is 244 g/mol. The van der Waals surface area contributed by atoms with Crippen LogP contribution in [-0.4, -0.2) is 58.6 Å². The van der Waals surface area contributed by atoms with E-state index < -0.39 is 12.1 Å². The molecule has 1 aliphatic rings. The molecule has 1 rings (SSSR count). The molecule has 1 aliphatic heterocycles. The van der Waals surface area contributed by atoms with Crippen LogP contribution in [0.4, 0.5) is 0 Å². The molecule has 2 amide bonds. The molecule has 0 spiro atoms. The second-order valence-electron chi connectivity index (χ2n) is 3.91. The van der Waals surface area contributed by atoms with E-state index in [-0.39, 0.29) is 31.3 Å².